The summed E-state index contributed by atoms with van der Waals surface area (Å²) in [6.07, 6.45) is 0.975. The number of benzene rings is 1. The summed E-state index contributed by atoms with van der Waals surface area (Å²) in [5.41, 5.74) is 0.396. The van der Waals surface area contributed by atoms with Gasteiger partial charge in [0.25, 0.3) is 0 Å². The van der Waals surface area contributed by atoms with Crippen LogP contribution in [0.2, 0.25) is 0 Å². The van der Waals surface area contributed by atoms with Gasteiger partial charge in [-0.3, -0.25) is 14.5 Å². The summed E-state index contributed by atoms with van der Waals surface area (Å²) >= 11 is 0. The number of sulfonamides is 1. The van der Waals surface area contributed by atoms with E-state index in [2.05, 4.69) is 4.72 Å². The number of imide groups is 1. The number of hydrogen-bond donors (Lipinski definition) is 1. The average Bonchev–Trinajstić information content (AvgIpc) is 2.86. The van der Waals surface area contributed by atoms with Crippen LogP contribution in [0.3, 0.4) is 0 Å². The van der Waals surface area contributed by atoms with E-state index in [-0.39, 0.29) is 36.1 Å². The van der Waals surface area contributed by atoms with Crippen LogP contribution in [0.5, 0.6) is 0 Å². The Morgan fingerprint density at radius 1 is 1.13 bits per heavy atom. The predicted molar refractivity (Wildman–Crippen MR) is 84.5 cm³/mol. The number of carbonyl (C=O) groups excluding carboxylic acids is 2. The van der Waals surface area contributed by atoms with Gasteiger partial charge in [-0.2, -0.15) is 0 Å². The molecule has 2 rings (SSSR count). The lowest BCUT2D eigenvalue weighted by molar-refractivity contribution is -0.121. The molecule has 7 nitrogen and oxygen atoms in total. The molecule has 1 aliphatic rings. The first-order chi connectivity index (χ1) is 11.0. The maximum Gasteiger partial charge on any atom is 0.240 e. The number of hydrogen-bond acceptors (Lipinski definition) is 5. The van der Waals surface area contributed by atoms with Gasteiger partial charge in [0.05, 0.1) is 10.6 Å². The number of rotatable bonds is 8. The van der Waals surface area contributed by atoms with Gasteiger partial charge < -0.3 is 4.74 Å². The Bertz CT molecular complexity index is 654. The van der Waals surface area contributed by atoms with E-state index in [1.54, 1.807) is 0 Å². The van der Waals surface area contributed by atoms with E-state index in [9.17, 15) is 18.0 Å². The van der Waals surface area contributed by atoms with Gasteiger partial charge in [0.15, 0.2) is 0 Å². The van der Waals surface area contributed by atoms with Gasteiger partial charge in [-0.25, -0.2) is 13.1 Å². The number of nitrogens with one attached hydrogen (secondary N) is 1. The van der Waals surface area contributed by atoms with Crippen molar-refractivity contribution in [3.8, 4) is 0 Å². The molecule has 1 heterocycles. The van der Waals surface area contributed by atoms with E-state index < -0.39 is 10.0 Å². The third-order valence-corrected chi connectivity index (χ3v) is 4.90. The van der Waals surface area contributed by atoms with Gasteiger partial charge >= 0.3 is 0 Å². The first-order valence-corrected chi connectivity index (χ1v) is 8.97. The molecule has 0 unspecified atom stereocenters. The predicted octanol–water partition coefficient (Wildman–Crippen LogP) is 1.04. The van der Waals surface area contributed by atoms with Crippen molar-refractivity contribution in [2.24, 2.45) is 0 Å². The molecular weight excluding hydrogens is 320 g/mol. The second-order valence-electron chi connectivity index (χ2n) is 5.07. The summed E-state index contributed by atoms with van der Waals surface area (Å²) in [5.74, 6) is -0.528. The molecule has 1 aromatic carbocycles. The molecule has 0 bridgehead atoms. The molecule has 8 heteroatoms. The minimum absolute atomic E-state index is 0.0942. The third-order valence-electron chi connectivity index (χ3n) is 3.42. The van der Waals surface area contributed by atoms with Crippen molar-refractivity contribution in [1.29, 1.82) is 0 Å². The highest BCUT2D eigenvalue weighted by molar-refractivity contribution is 7.89. The highest BCUT2D eigenvalue weighted by Gasteiger charge is 2.30. The molecule has 0 radical (unpaired) electrons. The van der Waals surface area contributed by atoms with E-state index in [1.807, 2.05) is 6.92 Å². The molecule has 0 aromatic heterocycles. The maximum absolute atomic E-state index is 12.1. The van der Waals surface area contributed by atoms with E-state index >= 15 is 0 Å². The fourth-order valence-electron chi connectivity index (χ4n) is 2.25. The lowest BCUT2D eigenvalue weighted by Gasteiger charge is -2.14. The van der Waals surface area contributed by atoms with Crippen LogP contribution < -0.4 is 9.62 Å². The molecule has 0 aliphatic carbocycles. The van der Waals surface area contributed by atoms with Gasteiger partial charge in [-0.15, -0.1) is 0 Å². The number of anilines is 1. The number of amides is 2. The van der Waals surface area contributed by atoms with Gasteiger partial charge in [-0.1, -0.05) is 0 Å². The lowest BCUT2D eigenvalue weighted by Crippen LogP contribution is -2.29. The first-order valence-electron chi connectivity index (χ1n) is 7.49. The molecule has 0 saturated carbocycles. The van der Waals surface area contributed by atoms with Crippen molar-refractivity contribution in [2.75, 3.05) is 24.7 Å². The molecule has 1 saturated heterocycles. The zero-order valence-corrected chi connectivity index (χ0v) is 13.8. The summed E-state index contributed by atoms with van der Waals surface area (Å²) < 4.78 is 31.9. The lowest BCUT2D eigenvalue weighted by atomic mass is 10.3. The molecule has 1 fully saturated rings. The van der Waals surface area contributed by atoms with Crippen molar-refractivity contribution < 1.29 is 22.7 Å². The van der Waals surface area contributed by atoms with Crippen molar-refractivity contribution in [3.63, 3.8) is 0 Å². The number of ether oxygens (including phenoxy) is 1. The molecule has 1 aromatic rings. The first kappa shape index (κ1) is 17.6. The summed E-state index contributed by atoms with van der Waals surface area (Å²) in [4.78, 5) is 24.5. The SMILES string of the molecule is CCOCCCNS(=O)(=O)c1ccc(N2C(=O)CCC2=O)cc1. The van der Waals surface area contributed by atoms with Gasteiger partial charge in [0.2, 0.25) is 21.8 Å². The Kier molecular flexibility index (Phi) is 5.86. The summed E-state index contributed by atoms with van der Waals surface area (Å²) in [5, 5.41) is 0. The molecular formula is C15H20N2O5S. The summed E-state index contributed by atoms with van der Waals surface area (Å²) in [6.45, 7) is 3.26. The molecule has 0 spiro atoms. The van der Waals surface area contributed by atoms with Crippen LogP contribution in [-0.2, 0) is 24.3 Å². The molecule has 0 atom stereocenters. The molecule has 2 amide bonds. The van der Waals surface area contributed by atoms with Crippen LogP contribution >= 0.6 is 0 Å². The van der Waals surface area contributed by atoms with Crippen molar-refractivity contribution >= 4 is 27.5 Å². The number of carbonyl (C=O) groups is 2. The van der Waals surface area contributed by atoms with Gasteiger partial charge in [0.1, 0.15) is 0 Å². The second-order valence-corrected chi connectivity index (χ2v) is 6.83. The van der Waals surface area contributed by atoms with Crippen LogP contribution in [0.15, 0.2) is 29.2 Å². The van der Waals surface area contributed by atoms with Crippen molar-refractivity contribution in [3.05, 3.63) is 24.3 Å². The Balaban J connectivity index is 2.01. The highest BCUT2D eigenvalue weighted by atomic mass is 32.2. The van der Waals surface area contributed by atoms with Crippen LogP contribution in [0.1, 0.15) is 26.2 Å². The van der Waals surface area contributed by atoms with Crippen LogP contribution in [0, 0.1) is 0 Å². The fourth-order valence-corrected chi connectivity index (χ4v) is 3.32. The van der Waals surface area contributed by atoms with E-state index in [4.69, 9.17) is 4.74 Å². The largest absolute Gasteiger partial charge is 0.382 e. The van der Waals surface area contributed by atoms with Crippen molar-refractivity contribution in [1.82, 2.24) is 4.72 Å². The standard InChI is InChI=1S/C15H20N2O5S/c1-2-22-11-3-10-16-23(20,21)13-6-4-12(5-7-13)17-14(18)8-9-15(17)19/h4-7,16H,2-3,8-11H2,1H3. The summed E-state index contributed by atoms with van der Waals surface area (Å²) in [6, 6.07) is 5.71. The van der Waals surface area contributed by atoms with Crippen LogP contribution in [-0.4, -0.2) is 40.0 Å². The monoisotopic (exact) mass is 340 g/mol. The van der Waals surface area contributed by atoms with Gasteiger partial charge in [0, 0.05) is 32.6 Å². The van der Waals surface area contributed by atoms with Crippen LogP contribution in [0.25, 0.3) is 0 Å². The normalized spacial score (nSPS) is 15.4. The van der Waals surface area contributed by atoms with E-state index in [0.29, 0.717) is 25.3 Å². The minimum atomic E-state index is -3.61. The zero-order valence-electron chi connectivity index (χ0n) is 12.9. The average molecular weight is 340 g/mol. The van der Waals surface area contributed by atoms with E-state index in [1.165, 1.54) is 24.3 Å². The zero-order chi connectivity index (χ0) is 16.9. The smallest absolute Gasteiger partial charge is 0.240 e. The topological polar surface area (TPSA) is 92.8 Å². The second kappa shape index (κ2) is 7.67. The summed E-state index contributed by atoms with van der Waals surface area (Å²) in [7, 11) is -3.61. The quantitative estimate of drug-likeness (QED) is 0.564. The van der Waals surface area contributed by atoms with Gasteiger partial charge in [-0.05, 0) is 37.6 Å². The molecule has 1 aliphatic heterocycles. The van der Waals surface area contributed by atoms with Crippen molar-refractivity contribution in [2.45, 2.75) is 31.1 Å². The third kappa shape index (κ3) is 4.37. The number of nitrogens with zero attached hydrogens (tertiary/aromatic N) is 1. The van der Waals surface area contributed by atoms with E-state index in [0.717, 1.165) is 4.90 Å². The molecule has 23 heavy (non-hydrogen) atoms. The Morgan fingerprint density at radius 3 is 2.30 bits per heavy atom. The molecule has 1 N–H and O–H groups in total. The molecule has 126 valence electrons. The maximum atomic E-state index is 12.1. The minimum Gasteiger partial charge on any atom is -0.382 e. The Morgan fingerprint density at radius 2 is 1.74 bits per heavy atom. The Hall–Kier alpha value is -1.77. The van der Waals surface area contributed by atoms with Crippen LogP contribution in [0.4, 0.5) is 5.69 Å². The Labute approximate surface area is 135 Å². The highest BCUT2D eigenvalue weighted by Crippen LogP contribution is 2.23. The fraction of sp³-hybridized carbons (Fsp3) is 0.467.